The van der Waals surface area contributed by atoms with Crippen LogP contribution in [0.4, 0.5) is 4.79 Å². The lowest BCUT2D eigenvalue weighted by molar-refractivity contribution is 0.00544. The van der Waals surface area contributed by atoms with Gasteiger partial charge in [-0.3, -0.25) is 0 Å². The third-order valence-corrected chi connectivity index (χ3v) is 3.93. The summed E-state index contributed by atoms with van der Waals surface area (Å²) in [6.45, 7) is 11.4. The van der Waals surface area contributed by atoms with E-state index in [1.807, 2.05) is 25.7 Å². The van der Waals surface area contributed by atoms with Crippen LogP contribution in [0.1, 0.15) is 53.9 Å². The van der Waals surface area contributed by atoms with Crippen LogP contribution in [0.5, 0.6) is 0 Å². The minimum absolute atomic E-state index is 0.138. The molecule has 0 bridgehead atoms. The average Bonchev–Trinajstić information content (AvgIpc) is 2.38. The van der Waals surface area contributed by atoms with Gasteiger partial charge in [0.1, 0.15) is 5.60 Å². The fraction of sp³-hybridized carbons (Fsp3) is 0.938. The molecular weight excluding hydrogens is 268 g/mol. The van der Waals surface area contributed by atoms with Crippen molar-refractivity contribution in [2.45, 2.75) is 77.6 Å². The zero-order valence-electron chi connectivity index (χ0n) is 14.4. The minimum atomic E-state index is -0.445. The van der Waals surface area contributed by atoms with Gasteiger partial charge in [0.2, 0.25) is 0 Å². The standard InChI is InChI=1S/C16H32N2O3/c1-7-13(11-20-6)17-14-9-8-10-18(12(14)2)15(19)21-16(3,4)5/h12-14,17H,7-11H2,1-6H3. The second-order valence-corrected chi connectivity index (χ2v) is 6.89. The van der Waals surface area contributed by atoms with Gasteiger partial charge in [0.15, 0.2) is 0 Å². The van der Waals surface area contributed by atoms with Crippen molar-refractivity contribution in [3.63, 3.8) is 0 Å². The SMILES string of the molecule is CCC(COC)NC1CCCN(C(=O)OC(C)(C)C)C1C. The molecule has 0 radical (unpaired) electrons. The van der Waals surface area contributed by atoms with Gasteiger partial charge < -0.3 is 19.7 Å². The molecule has 1 fully saturated rings. The van der Waals surface area contributed by atoms with Gasteiger partial charge in [-0.2, -0.15) is 0 Å². The molecule has 0 aromatic heterocycles. The van der Waals surface area contributed by atoms with Crippen molar-refractivity contribution in [2.75, 3.05) is 20.3 Å². The van der Waals surface area contributed by atoms with Crippen LogP contribution in [0.15, 0.2) is 0 Å². The first-order valence-electron chi connectivity index (χ1n) is 8.03. The number of amides is 1. The predicted molar refractivity (Wildman–Crippen MR) is 84.5 cm³/mol. The second-order valence-electron chi connectivity index (χ2n) is 6.89. The van der Waals surface area contributed by atoms with Crippen molar-refractivity contribution in [3.05, 3.63) is 0 Å². The summed E-state index contributed by atoms with van der Waals surface area (Å²) in [5.74, 6) is 0. The number of carbonyl (C=O) groups excluding carboxylic acids is 1. The lowest BCUT2D eigenvalue weighted by Crippen LogP contribution is -2.57. The summed E-state index contributed by atoms with van der Waals surface area (Å²) in [6, 6.07) is 0.770. The van der Waals surface area contributed by atoms with E-state index in [0.717, 1.165) is 25.8 Å². The molecule has 124 valence electrons. The maximum Gasteiger partial charge on any atom is 0.410 e. The van der Waals surface area contributed by atoms with E-state index in [2.05, 4.69) is 19.2 Å². The van der Waals surface area contributed by atoms with E-state index < -0.39 is 5.60 Å². The van der Waals surface area contributed by atoms with Gasteiger partial charge in [-0.25, -0.2) is 4.79 Å². The molecule has 1 amide bonds. The average molecular weight is 300 g/mol. The Morgan fingerprint density at radius 1 is 1.43 bits per heavy atom. The molecule has 5 nitrogen and oxygen atoms in total. The molecule has 1 aliphatic heterocycles. The molecule has 1 aliphatic rings. The zero-order valence-corrected chi connectivity index (χ0v) is 14.4. The lowest BCUT2D eigenvalue weighted by Gasteiger charge is -2.41. The van der Waals surface area contributed by atoms with Crippen molar-refractivity contribution >= 4 is 6.09 Å². The first-order valence-corrected chi connectivity index (χ1v) is 8.03. The number of rotatable bonds is 5. The van der Waals surface area contributed by atoms with Crippen LogP contribution in [0.2, 0.25) is 0 Å². The van der Waals surface area contributed by atoms with Crippen LogP contribution >= 0.6 is 0 Å². The Hall–Kier alpha value is -0.810. The monoisotopic (exact) mass is 300 g/mol. The van der Waals surface area contributed by atoms with E-state index in [-0.39, 0.29) is 12.1 Å². The van der Waals surface area contributed by atoms with E-state index >= 15 is 0 Å². The molecule has 1 saturated heterocycles. The number of methoxy groups -OCH3 is 1. The first kappa shape index (κ1) is 18.2. The number of hydrogen-bond acceptors (Lipinski definition) is 4. The Morgan fingerprint density at radius 3 is 2.62 bits per heavy atom. The molecule has 0 aromatic rings. The molecule has 3 unspecified atom stereocenters. The molecule has 1 rings (SSSR count). The molecule has 21 heavy (non-hydrogen) atoms. The van der Waals surface area contributed by atoms with Crippen LogP contribution in [-0.2, 0) is 9.47 Å². The van der Waals surface area contributed by atoms with E-state index in [1.54, 1.807) is 7.11 Å². The summed E-state index contributed by atoms with van der Waals surface area (Å²) in [4.78, 5) is 14.2. The molecule has 0 saturated carbocycles. The summed E-state index contributed by atoms with van der Waals surface area (Å²) in [7, 11) is 1.72. The number of piperidine rings is 1. The van der Waals surface area contributed by atoms with Gasteiger partial charge in [0.05, 0.1) is 6.61 Å². The maximum atomic E-state index is 12.3. The third-order valence-electron chi connectivity index (χ3n) is 3.93. The van der Waals surface area contributed by atoms with E-state index in [0.29, 0.717) is 18.7 Å². The van der Waals surface area contributed by atoms with Crippen molar-refractivity contribution in [1.82, 2.24) is 10.2 Å². The number of ether oxygens (including phenoxy) is 2. The Morgan fingerprint density at radius 2 is 2.10 bits per heavy atom. The van der Waals surface area contributed by atoms with E-state index in [1.165, 1.54) is 0 Å². The predicted octanol–water partition coefficient (Wildman–Crippen LogP) is 2.79. The number of nitrogens with one attached hydrogen (secondary N) is 1. The molecule has 1 heterocycles. The largest absolute Gasteiger partial charge is 0.444 e. The van der Waals surface area contributed by atoms with E-state index in [9.17, 15) is 4.79 Å². The fourth-order valence-corrected chi connectivity index (χ4v) is 2.73. The Bertz CT molecular complexity index is 328. The highest BCUT2D eigenvalue weighted by atomic mass is 16.6. The van der Waals surface area contributed by atoms with Gasteiger partial charge in [0, 0.05) is 31.8 Å². The summed E-state index contributed by atoms with van der Waals surface area (Å²) in [6.07, 6.45) is 2.90. The summed E-state index contributed by atoms with van der Waals surface area (Å²) < 4.78 is 10.8. The van der Waals surface area contributed by atoms with Crippen LogP contribution in [0.25, 0.3) is 0 Å². The Labute approximate surface area is 129 Å². The summed E-state index contributed by atoms with van der Waals surface area (Å²) in [5.41, 5.74) is -0.445. The highest BCUT2D eigenvalue weighted by Crippen LogP contribution is 2.21. The molecule has 0 aliphatic carbocycles. The summed E-state index contributed by atoms with van der Waals surface area (Å²) >= 11 is 0. The van der Waals surface area contributed by atoms with Crippen LogP contribution in [0.3, 0.4) is 0 Å². The molecular formula is C16H32N2O3. The molecule has 0 aromatic carbocycles. The zero-order chi connectivity index (χ0) is 16.0. The van der Waals surface area contributed by atoms with Crippen molar-refractivity contribution in [3.8, 4) is 0 Å². The molecule has 1 N–H and O–H groups in total. The molecule has 3 atom stereocenters. The number of hydrogen-bond donors (Lipinski definition) is 1. The van der Waals surface area contributed by atoms with Gasteiger partial charge >= 0.3 is 6.09 Å². The quantitative estimate of drug-likeness (QED) is 0.848. The van der Waals surface area contributed by atoms with Gasteiger partial charge in [-0.05, 0) is 47.0 Å². The van der Waals surface area contributed by atoms with Crippen molar-refractivity contribution in [2.24, 2.45) is 0 Å². The topological polar surface area (TPSA) is 50.8 Å². The first-order chi connectivity index (χ1) is 9.78. The number of carbonyl (C=O) groups is 1. The summed E-state index contributed by atoms with van der Waals surface area (Å²) in [5, 5.41) is 3.63. The molecule has 5 heteroatoms. The highest BCUT2D eigenvalue weighted by Gasteiger charge is 2.34. The number of nitrogens with zero attached hydrogens (tertiary/aromatic N) is 1. The Balaban J connectivity index is 2.63. The van der Waals surface area contributed by atoms with Gasteiger partial charge in [-0.1, -0.05) is 6.92 Å². The van der Waals surface area contributed by atoms with Crippen molar-refractivity contribution < 1.29 is 14.3 Å². The Kier molecular flexibility index (Phi) is 6.94. The smallest absolute Gasteiger partial charge is 0.410 e. The third kappa shape index (κ3) is 5.83. The van der Waals surface area contributed by atoms with Crippen molar-refractivity contribution in [1.29, 1.82) is 0 Å². The maximum absolute atomic E-state index is 12.3. The van der Waals surface area contributed by atoms with Crippen LogP contribution in [-0.4, -0.2) is 55.0 Å². The lowest BCUT2D eigenvalue weighted by atomic mass is 9.96. The molecule has 0 spiro atoms. The normalized spacial score (nSPS) is 24.8. The van der Waals surface area contributed by atoms with Gasteiger partial charge in [0.25, 0.3) is 0 Å². The highest BCUT2D eigenvalue weighted by molar-refractivity contribution is 5.68. The van der Waals surface area contributed by atoms with E-state index in [4.69, 9.17) is 9.47 Å². The number of likely N-dealkylation sites (tertiary alicyclic amines) is 1. The minimum Gasteiger partial charge on any atom is -0.444 e. The second kappa shape index (κ2) is 7.99. The van der Waals surface area contributed by atoms with Gasteiger partial charge in [-0.15, -0.1) is 0 Å². The van der Waals surface area contributed by atoms with Crippen LogP contribution < -0.4 is 5.32 Å². The van der Waals surface area contributed by atoms with Crippen LogP contribution in [0, 0.1) is 0 Å². The fourth-order valence-electron chi connectivity index (χ4n) is 2.73.